The van der Waals surface area contributed by atoms with E-state index in [2.05, 4.69) is 11.4 Å². The summed E-state index contributed by atoms with van der Waals surface area (Å²) >= 11 is 0. The topological polar surface area (TPSA) is 99.5 Å². The van der Waals surface area contributed by atoms with Crippen molar-refractivity contribution >= 4 is 27.3 Å². The first-order chi connectivity index (χ1) is 12.7. The van der Waals surface area contributed by atoms with Crippen LogP contribution in [0.15, 0.2) is 48.5 Å². The second-order valence-corrected chi connectivity index (χ2v) is 8.02. The first-order valence-electron chi connectivity index (χ1n) is 8.18. The Morgan fingerprint density at radius 1 is 1.19 bits per heavy atom. The van der Waals surface area contributed by atoms with Crippen LogP contribution in [-0.2, 0) is 21.2 Å². The smallest absolute Gasteiger partial charge is 0.265 e. The van der Waals surface area contributed by atoms with E-state index in [0.29, 0.717) is 23.5 Å². The molecule has 0 unspecified atom stereocenters. The number of ether oxygens (including phenoxy) is 1. The zero-order valence-electron chi connectivity index (χ0n) is 15.3. The molecule has 2 rings (SSSR count). The lowest BCUT2D eigenvalue weighted by molar-refractivity contribution is -0.122. The second kappa shape index (κ2) is 8.56. The van der Waals surface area contributed by atoms with Gasteiger partial charge in [-0.1, -0.05) is 12.1 Å². The fourth-order valence-electron chi connectivity index (χ4n) is 2.22. The molecule has 0 aliphatic rings. The third-order valence-electron chi connectivity index (χ3n) is 3.88. The van der Waals surface area contributed by atoms with E-state index in [9.17, 15) is 13.2 Å². The maximum absolute atomic E-state index is 12.3. The van der Waals surface area contributed by atoms with Crippen molar-refractivity contribution in [1.82, 2.24) is 0 Å². The zero-order chi connectivity index (χ0) is 20.0. The molecule has 27 heavy (non-hydrogen) atoms. The molecular formula is C19H21N3O4S. The van der Waals surface area contributed by atoms with Crippen LogP contribution in [0.5, 0.6) is 5.75 Å². The zero-order valence-corrected chi connectivity index (χ0v) is 16.2. The number of anilines is 2. The summed E-state index contributed by atoms with van der Waals surface area (Å²) in [6.07, 6.45) is 0.692. The molecule has 142 valence electrons. The molecule has 0 heterocycles. The molecule has 0 aliphatic carbocycles. The van der Waals surface area contributed by atoms with E-state index in [4.69, 9.17) is 10.00 Å². The van der Waals surface area contributed by atoms with Crippen LogP contribution in [-0.4, -0.2) is 33.7 Å². The van der Waals surface area contributed by atoms with Gasteiger partial charge in [0.1, 0.15) is 5.75 Å². The highest BCUT2D eigenvalue weighted by molar-refractivity contribution is 7.92. The molecule has 0 spiro atoms. The van der Waals surface area contributed by atoms with Crippen LogP contribution in [0, 0.1) is 11.3 Å². The number of nitriles is 1. The minimum Gasteiger partial charge on any atom is -0.481 e. The van der Waals surface area contributed by atoms with Crippen LogP contribution in [0.1, 0.15) is 12.5 Å². The molecule has 1 amide bonds. The standard InChI is InChI=1S/C19H21N3O4S/c1-14(19(23)21-16-6-4-15(5-7-16)12-13-20)26-18-10-8-17(9-11-18)22(2)27(3,24)25/h4-11,14H,12H2,1-3H3,(H,21,23)/t14-/m0/s1. The minimum absolute atomic E-state index is 0.318. The number of nitrogens with one attached hydrogen (secondary N) is 1. The van der Waals surface area contributed by atoms with Crippen molar-refractivity contribution in [2.45, 2.75) is 19.4 Å². The van der Waals surface area contributed by atoms with Crippen LogP contribution in [0.4, 0.5) is 11.4 Å². The molecule has 0 bridgehead atoms. The van der Waals surface area contributed by atoms with Gasteiger partial charge in [0, 0.05) is 12.7 Å². The monoisotopic (exact) mass is 387 g/mol. The molecule has 7 nitrogen and oxygen atoms in total. The molecule has 0 fully saturated rings. The highest BCUT2D eigenvalue weighted by atomic mass is 32.2. The van der Waals surface area contributed by atoms with Gasteiger partial charge in [-0.15, -0.1) is 0 Å². The van der Waals surface area contributed by atoms with Gasteiger partial charge < -0.3 is 10.1 Å². The Hall–Kier alpha value is -3.05. The van der Waals surface area contributed by atoms with Gasteiger partial charge in [0.2, 0.25) is 10.0 Å². The highest BCUT2D eigenvalue weighted by Crippen LogP contribution is 2.21. The van der Waals surface area contributed by atoms with Crippen molar-refractivity contribution in [3.05, 3.63) is 54.1 Å². The average Bonchev–Trinajstić information content (AvgIpc) is 2.63. The van der Waals surface area contributed by atoms with Crippen molar-refractivity contribution in [1.29, 1.82) is 5.26 Å². The number of benzene rings is 2. The number of sulfonamides is 1. The van der Waals surface area contributed by atoms with Crippen molar-refractivity contribution in [2.24, 2.45) is 0 Å². The van der Waals surface area contributed by atoms with E-state index < -0.39 is 16.1 Å². The summed E-state index contributed by atoms with van der Waals surface area (Å²) in [6.45, 7) is 1.62. The number of hydrogen-bond acceptors (Lipinski definition) is 5. The summed E-state index contributed by atoms with van der Waals surface area (Å²) in [6, 6.07) is 15.5. The molecule has 0 saturated carbocycles. The number of rotatable bonds is 7. The number of carbonyl (C=O) groups excluding carboxylic acids is 1. The van der Waals surface area contributed by atoms with Gasteiger partial charge in [-0.25, -0.2) is 8.42 Å². The number of carbonyl (C=O) groups is 1. The molecule has 8 heteroatoms. The van der Waals surface area contributed by atoms with Crippen LogP contribution < -0.4 is 14.4 Å². The normalized spacial score (nSPS) is 11.9. The Balaban J connectivity index is 1.96. The number of amides is 1. The van der Waals surface area contributed by atoms with Gasteiger partial charge in [0.25, 0.3) is 5.91 Å². The van der Waals surface area contributed by atoms with E-state index in [1.54, 1.807) is 55.5 Å². The highest BCUT2D eigenvalue weighted by Gasteiger charge is 2.16. The fraction of sp³-hybridized carbons (Fsp3) is 0.263. The maximum Gasteiger partial charge on any atom is 0.265 e. The Kier molecular flexibility index (Phi) is 6.42. The quantitative estimate of drug-likeness (QED) is 0.787. The molecule has 2 aromatic rings. The van der Waals surface area contributed by atoms with Gasteiger partial charge in [-0.3, -0.25) is 9.10 Å². The van der Waals surface area contributed by atoms with Gasteiger partial charge in [-0.05, 0) is 48.9 Å². The van der Waals surface area contributed by atoms with Crippen LogP contribution in [0.2, 0.25) is 0 Å². The third kappa shape index (κ3) is 5.72. The number of nitrogens with zero attached hydrogens (tertiary/aromatic N) is 2. The lowest BCUT2D eigenvalue weighted by Crippen LogP contribution is -2.30. The predicted molar refractivity (Wildman–Crippen MR) is 104 cm³/mol. The summed E-state index contributed by atoms with van der Waals surface area (Å²) in [5, 5.41) is 11.4. The van der Waals surface area contributed by atoms with Gasteiger partial charge in [-0.2, -0.15) is 5.26 Å². The van der Waals surface area contributed by atoms with E-state index in [1.165, 1.54) is 7.05 Å². The second-order valence-electron chi connectivity index (χ2n) is 6.01. The van der Waals surface area contributed by atoms with E-state index in [1.807, 2.05) is 0 Å². The predicted octanol–water partition coefficient (Wildman–Crippen LogP) is 2.55. The summed E-state index contributed by atoms with van der Waals surface area (Å²) in [5.41, 5.74) is 1.99. The Bertz CT molecular complexity index is 932. The van der Waals surface area contributed by atoms with Gasteiger partial charge in [0.15, 0.2) is 6.10 Å². The number of hydrogen-bond donors (Lipinski definition) is 1. The summed E-state index contributed by atoms with van der Waals surface area (Å²) in [5.74, 6) is 0.132. The lowest BCUT2D eigenvalue weighted by atomic mass is 10.1. The molecule has 0 aromatic heterocycles. The van der Waals surface area contributed by atoms with E-state index >= 15 is 0 Å². The summed E-state index contributed by atoms with van der Waals surface area (Å²) in [4.78, 5) is 12.3. The first-order valence-corrected chi connectivity index (χ1v) is 10.0. The van der Waals surface area contributed by atoms with E-state index in [-0.39, 0.29) is 5.91 Å². The van der Waals surface area contributed by atoms with Crippen LogP contribution >= 0.6 is 0 Å². The van der Waals surface area contributed by atoms with E-state index in [0.717, 1.165) is 16.1 Å². The molecule has 2 aromatic carbocycles. The molecule has 0 saturated heterocycles. The molecule has 1 atom stereocenters. The average molecular weight is 387 g/mol. The molecule has 0 aliphatic heterocycles. The largest absolute Gasteiger partial charge is 0.481 e. The Morgan fingerprint density at radius 3 is 2.30 bits per heavy atom. The van der Waals surface area contributed by atoms with Gasteiger partial charge >= 0.3 is 0 Å². The van der Waals surface area contributed by atoms with Crippen LogP contribution in [0.3, 0.4) is 0 Å². The lowest BCUT2D eigenvalue weighted by Gasteiger charge is -2.18. The van der Waals surface area contributed by atoms with Crippen LogP contribution in [0.25, 0.3) is 0 Å². The maximum atomic E-state index is 12.3. The first kappa shape index (κ1) is 20.3. The Labute approximate surface area is 159 Å². The molecular weight excluding hydrogens is 366 g/mol. The molecule has 0 radical (unpaired) electrons. The third-order valence-corrected chi connectivity index (χ3v) is 5.09. The van der Waals surface area contributed by atoms with Gasteiger partial charge in [0.05, 0.1) is 24.4 Å². The van der Waals surface area contributed by atoms with Crippen molar-refractivity contribution in [3.63, 3.8) is 0 Å². The SMILES string of the molecule is C[C@H](Oc1ccc(N(C)S(C)(=O)=O)cc1)C(=O)Nc1ccc(CC#N)cc1. The minimum atomic E-state index is -3.34. The summed E-state index contributed by atoms with van der Waals surface area (Å²) in [7, 11) is -1.87. The molecule has 1 N–H and O–H groups in total. The fourth-order valence-corrected chi connectivity index (χ4v) is 2.73. The van der Waals surface area contributed by atoms with Crippen molar-refractivity contribution in [3.8, 4) is 11.8 Å². The van der Waals surface area contributed by atoms with Crippen molar-refractivity contribution in [2.75, 3.05) is 22.9 Å². The van der Waals surface area contributed by atoms with Crippen molar-refractivity contribution < 1.29 is 17.9 Å². The Morgan fingerprint density at radius 2 is 1.78 bits per heavy atom. The summed E-state index contributed by atoms with van der Waals surface area (Å²) < 4.78 is 29.8.